The third-order valence-electron chi connectivity index (χ3n) is 2.19. The minimum atomic E-state index is -0.623. The lowest BCUT2D eigenvalue weighted by molar-refractivity contribution is 0.586. The maximum Gasteiger partial charge on any atom is 0.149 e. The Balaban J connectivity index is 2.14. The van der Waals surface area contributed by atoms with E-state index in [1.807, 2.05) is 0 Å². The number of aryl methyl sites for hydroxylation is 1. The summed E-state index contributed by atoms with van der Waals surface area (Å²) in [7, 11) is 1.71. The molecule has 1 heterocycles. The van der Waals surface area contributed by atoms with Crippen molar-refractivity contribution in [3.05, 3.63) is 42.0 Å². The summed E-state index contributed by atoms with van der Waals surface area (Å²) in [4.78, 5) is 3.93. The fraction of sp³-hybridized carbons (Fsp3) is 0.200. The van der Waals surface area contributed by atoms with Crippen LogP contribution >= 0.6 is 0 Å². The highest BCUT2D eigenvalue weighted by Gasteiger charge is 2.08. The molecule has 0 saturated heterocycles. The first-order chi connectivity index (χ1) is 7.68. The van der Waals surface area contributed by atoms with Crippen LogP contribution in [0, 0.1) is 11.6 Å². The van der Waals surface area contributed by atoms with E-state index in [1.165, 1.54) is 29.2 Å². The molecule has 0 aliphatic carbocycles. The lowest BCUT2D eigenvalue weighted by Gasteiger charge is -2.07. The molecule has 0 saturated carbocycles. The van der Waals surface area contributed by atoms with Crippen LogP contribution in [-0.4, -0.2) is 14.8 Å². The average Bonchev–Trinajstić information content (AvgIpc) is 2.64. The first-order valence-corrected chi connectivity index (χ1v) is 4.69. The zero-order chi connectivity index (χ0) is 11.5. The molecule has 6 heteroatoms. The first-order valence-electron chi connectivity index (χ1n) is 4.69. The van der Waals surface area contributed by atoms with Gasteiger partial charge in [-0.3, -0.25) is 4.68 Å². The molecule has 1 aromatic heterocycles. The molecular formula is C10H10F2N4. The molecule has 0 radical (unpaired) electrons. The maximum atomic E-state index is 13.2. The topological polar surface area (TPSA) is 42.7 Å². The van der Waals surface area contributed by atoms with Gasteiger partial charge in [-0.1, -0.05) is 6.07 Å². The molecule has 2 aromatic rings. The summed E-state index contributed by atoms with van der Waals surface area (Å²) in [6.07, 6.45) is 1.38. The predicted molar refractivity (Wildman–Crippen MR) is 54.7 cm³/mol. The highest BCUT2D eigenvalue weighted by atomic mass is 19.1. The number of rotatable bonds is 3. The Morgan fingerprint density at radius 2 is 2.00 bits per heavy atom. The summed E-state index contributed by atoms with van der Waals surface area (Å²) in [5, 5.41) is 6.50. The third-order valence-corrected chi connectivity index (χ3v) is 2.19. The van der Waals surface area contributed by atoms with Crippen molar-refractivity contribution in [3.8, 4) is 0 Å². The predicted octanol–water partition coefficient (Wildman–Crippen LogP) is 1.71. The van der Waals surface area contributed by atoms with Gasteiger partial charge in [0.2, 0.25) is 0 Å². The minimum absolute atomic E-state index is 0.148. The molecule has 0 spiro atoms. The SMILES string of the molecule is Cn1ncnc1CNc1c(F)cccc1F. The molecule has 16 heavy (non-hydrogen) atoms. The van der Waals surface area contributed by atoms with E-state index in [9.17, 15) is 8.78 Å². The summed E-state index contributed by atoms with van der Waals surface area (Å²) in [6.45, 7) is 0.217. The first kappa shape index (κ1) is 10.5. The Morgan fingerprint density at radius 1 is 1.31 bits per heavy atom. The second-order valence-corrected chi connectivity index (χ2v) is 3.25. The summed E-state index contributed by atoms with van der Waals surface area (Å²) < 4.78 is 28.0. The van der Waals surface area contributed by atoms with Gasteiger partial charge in [-0.15, -0.1) is 0 Å². The Bertz CT molecular complexity index is 475. The minimum Gasteiger partial charge on any atom is -0.373 e. The van der Waals surface area contributed by atoms with Crippen LogP contribution in [0.5, 0.6) is 0 Å². The molecule has 0 fully saturated rings. The van der Waals surface area contributed by atoms with Crippen molar-refractivity contribution >= 4 is 5.69 Å². The van der Waals surface area contributed by atoms with Crippen molar-refractivity contribution in [2.45, 2.75) is 6.54 Å². The van der Waals surface area contributed by atoms with Crippen LogP contribution in [0.4, 0.5) is 14.5 Å². The van der Waals surface area contributed by atoms with Crippen LogP contribution in [0.1, 0.15) is 5.82 Å². The third kappa shape index (κ3) is 2.00. The fourth-order valence-electron chi connectivity index (χ4n) is 1.31. The summed E-state index contributed by atoms with van der Waals surface area (Å²) in [6, 6.07) is 3.71. The van der Waals surface area contributed by atoms with E-state index in [-0.39, 0.29) is 12.2 Å². The van der Waals surface area contributed by atoms with Crippen molar-refractivity contribution in [1.29, 1.82) is 0 Å². The quantitative estimate of drug-likeness (QED) is 0.863. The molecule has 0 aliphatic heterocycles. The molecule has 2 rings (SSSR count). The van der Waals surface area contributed by atoms with Crippen LogP contribution in [0.15, 0.2) is 24.5 Å². The maximum absolute atomic E-state index is 13.2. The molecule has 4 nitrogen and oxygen atoms in total. The Hall–Kier alpha value is -1.98. The van der Waals surface area contributed by atoms with E-state index in [0.717, 1.165) is 0 Å². The number of halogens is 2. The standard InChI is InChI=1S/C10H10F2N4/c1-16-9(14-6-15-16)5-13-10-7(11)3-2-4-8(10)12/h2-4,6,13H,5H2,1H3. The second-order valence-electron chi connectivity index (χ2n) is 3.25. The lowest BCUT2D eigenvalue weighted by atomic mass is 10.3. The number of aromatic nitrogens is 3. The Morgan fingerprint density at radius 3 is 2.56 bits per heavy atom. The molecule has 1 aromatic carbocycles. The van der Waals surface area contributed by atoms with Gasteiger partial charge in [0.05, 0.1) is 6.54 Å². The van der Waals surface area contributed by atoms with Crippen molar-refractivity contribution in [3.63, 3.8) is 0 Å². The molecule has 0 unspecified atom stereocenters. The Labute approximate surface area is 90.9 Å². The van der Waals surface area contributed by atoms with Crippen molar-refractivity contribution in [2.24, 2.45) is 7.05 Å². The van der Waals surface area contributed by atoms with E-state index >= 15 is 0 Å². The zero-order valence-electron chi connectivity index (χ0n) is 8.61. The average molecular weight is 224 g/mol. The van der Waals surface area contributed by atoms with Gasteiger partial charge in [0.15, 0.2) is 0 Å². The van der Waals surface area contributed by atoms with E-state index < -0.39 is 11.6 Å². The van der Waals surface area contributed by atoms with Crippen LogP contribution in [0.3, 0.4) is 0 Å². The fourth-order valence-corrected chi connectivity index (χ4v) is 1.31. The van der Waals surface area contributed by atoms with Crippen LogP contribution in [-0.2, 0) is 13.6 Å². The number of nitrogens with zero attached hydrogens (tertiary/aromatic N) is 3. The van der Waals surface area contributed by atoms with E-state index in [0.29, 0.717) is 5.82 Å². The number of benzene rings is 1. The van der Waals surface area contributed by atoms with Gasteiger partial charge in [0, 0.05) is 7.05 Å². The van der Waals surface area contributed by atoms with Gasteiger partial charge in [-0.2, -0.15) is 5.10 Å². The summed E-state index contributed by atoms with van der Waals surface area (Å²) >= 11 is 0. The van der Waals surface area contributed by atoms with Crippen molar-refractivity contribution < 1.29 is 8.78 Å². The van der Waals surface area contributed by atoms with Crippen LogP contribution in [0.25, 0.3) is 0 Å². The number of hydrogen-bond acceptors (Lipinski definition) is 3. The van der Waals surface area contributed by atoms with Gasteiger partial charge >= 0.3 is 0 Å². The van der Waals surface area contributed by atoms with E-state index in [2.05, 4.69) is 15.4 Å². The van der Waals surface area contributed by atoms with Crippen molar-refractivity contribution in [1.82, 2.24) is 14.8 Å². The van der Waals surface area contributed by atoms with Crippen molar-refractivity contribution in [2.75, 3.05) is 5.32 Å². The van der Waals surface area contributed by atoms with Gasteiger partial charge in [-0.25, -0.2) is 13.8 Å². The highest BCUT2D eigenvalue weighted by Crippen LogP contribution is 2.18. The Kier molecular flexibility index (Phi) is 2.80. The normalized spacial score (nSPS) is 10.4. The molecular weight excluding hydrogens is 214 g/mol. The molecule has 84 valence electrons. The van der Waals surface area contributed by atoms with Crippen LogP contribution in [0.2, 0.25) is 0 Å². The molecule has 0 amide bonds. The number of hydrogen-bond donors (Lipinski definition) is 1. The highest BCUT2D eigenvalue weighted by molar-refractivity contribution is 5.45. The van der Waals surface area contributed by atoms with Gasteiger partial charge in [-0.05, 0) is 12.1 Å². The largest absolute Gasteiger partial charge is 0.373 e. The van der Waals surface area contributed by atoms with Gasteiger partial charge in [0.25, 0.3) is 0 Å². The van der Waals surface area contributed by atoms with Crippen LogP contribution < -0.4 is 5.32 Å². The zero-order valence-corrected chi connectivity index (χ0v) is 8.61. The smallest absolute Gasteiger partial charge is 0.149 e. The summed E-state index contributed by atoms with van der Waals surface area (Å²) in [5.74, 6) is -0.646. The molecule has 0 aliphatic rings. The second kappa shape index (κ2) is 4.26. The van der Waals surface area contributed by atoms with E-state index in [4.69, 9.17) is 0 Å². The van der Waals surface area contributed by atoms with E-state index in [1.54, 1.807) is 7.05 Å². The van der Waals surface area contributed by atoms with Gasteiger partial charge < -0.3 is 5.32 Å². The number of nitrogens with one attached hydrogen (secondary N) is 1. The van der Waals surface area contributed by atoms with Gasteiger partial charge in [0.1, 0.15) is 29.5 Å². The molecule has 1 N–H and O–H groups in total. The summed E-state index contributed by atoms with van der Waals surface area (Å²) in [5.41, 5.74) is -0.148. The number of para-hydroxylation sites is 1. The molecule has 0 atom stereocenters. The number of anilines is 1. The monoisotopic (exact) mass is 224 g/mol. The lowest BCUT2D eigenvalue weighted by Crippen LogP contribution is -2.09. The molecule has 0 bridgehead atoms.